The van der Waals surface area contributed by atoms with Gasteiger partial charge in [0.2, 0.25) is 0 Å². The largest absolute Gasteiger partial charge is 0.492 e. The summed E-state index contributed by atoms with van der Waals surface area (Å²) in [5, 5.41) is 9.66. The van der Waals surface area contributed by atoms with Crippen LogP contribution in [0.3, 0.4) is 0 Å². The third-order valence-electron chi connectivity index (χ3n) is 3.88. The number of hydroxylamine groups is 2. The van der Waals surface area contributed by atoms with Crippen LogP contribution in [0.5, 0.6) is 5.75 Å². The highest BCUT2D eigenvalue weighted by Crippen LogP contribution is 2.26. The van der Waals surface area contributed by atoms with E-state index < -0.39 is 16.0 Å². The summed E-state index contributed by atoms with van der Waals surface area (Å²) >= 11 is 6.38. The number of ether oxygens (including phenoxy) is 1. The molecule has 0 atom stereocenters. The van der Waals surface area contributed by atoms with E-state index in [0.29, 0.717) is 16.1 Å². The Morgan fingerprint density at radius 2 is 2.03 bits per heavy atom. The molecule has 8 nitrogen and oxygen atoms in total. The minimum Gasteiger partial charge on any atom is -0.492 e. The van der Waals surface area contributed by atoms with Crippen molar-refractivity contribution in [1.29, 1.82) is 0 Å². The first-order chi connectivity index (χ1) is 13.8. The zero-order valence-electron chi connectivity index (χ0n) is 15.3. The van der Waals surface area contributed by atoms with E-state index in [1.807, 2.05) is 6.92 Å². The molecule has 29 heavy (non-hydrogen) atoms. The molecule has 0 aliphatic carbocycles. The molecule has 3 rings (SSSR count). The van der Waals surface area contributed by atoms with E-state index in [4.69, 9.17) is 17.0 Å². The molecule has 1 amide bonds. The first kappa shape index (κ1) is 21.4. The van der Waals surface area contributed by atoms with Crippen molar-refractivity contribution < 1.29 is 27.4 Å². The van der Waals surface area contributed by atoms with Crippen molar-refractivity contribution in [3.8, 4) is 5.75 Å². The predicted octanol–water partition coefficient (Wildman–Crippen LogP) is 4.29. The lowest BCUT2D eigenvalue weighted by Gasteiger charge is -2.16. The Kier molecular flexibility index (Phi) is 6.65. The average molecular weight is 455 g/mol. The number of fused-ring (bicyclic) bond motifs is 1. The van der Waals surface area contributed by atoms with Crippen LogP contribution in [0.25, 0.3) is 10.2 Å². The van der Waals surface area contributed by atoms with Crippen LogP contribution in [0.2, 0.25) is 0 Å². The van der Waals surface area contributed by atoms with Crippen molar-refractivity contribution in [2.24, 2.45) is 0 Å². The summed E-state index contributed by atoms with van der Waals surface area (Å²) < 4.78 is 36.6. The van der Waals surface area contributed by atoms with Gasteiger partial charge in [-0.05, 0) is 49.0 Å². The Labute approximate surface area is 176 Å². The number of benzene rings is 2. The molecule has 3 aromatic rings. The maximum Gasteiger partial charge on any atom is 0.323 e. The summed E-state index contributed by atoms with van der Waals surface area (Å²) in [6, 6.07) is 10.4. The van der Waals surface area contributed by atoms with Gasteiger partial charge < -0.3 is 9.72 Å². The lowest BCUT2D eigenvalue weighted by Crippen LogP contribution is -2.30. The van der Waals surface area contributed by atoms with Crippen molar-refractivity contribution in [2.45, 2.75) is 24.7 Å². The Morgan fingerprint density at radius 3 is 2.79 bits per heavy atom. The fraction of sp³-hybridized carbons (Fsp3) is 0.222. The molecule has 1 heterocycles. The number of carbonyl (C=O) groups is 1. The van der Waals surface area contributed by atoms with Crippen LogP contribution in [0.15, 0.2) is 47.4 Å². The van der Waals surface area contributed by atoms with Crippen molar-refractivity contribution >= 4 is 49.8 Å². The molecule has 11 heteroatoms. The minimum absolute atomic E-state index is 0.0201. The zero-order valence-corrected chi connectivity index (χ0v) is 17.8. The first-order valence-electron chi connectivity index (χ1n) is 8.64. The molecule has 0 radical (unpaired) electrons. The van der Waals surface area contributed by atoms with E-state index in [2.05, 4.69) is 9.27 Å². The highest BCUT2D eigenvalue weighted by atomic mass is 32.2. The second-order valence-corrected chi connectivity index (χ2v) is 9.20. The number of unbranched alkanes of at least 4 members (excludes halogenated alkanes) is 1. The molecule has 0 bridgehead atoms. The number of rotatable bonds is 8. The van der Waals surface area contributed by atoms with Crippen LogP contribution in [-0.2, 0) is 14.4 Å². The van der Waals surface area contributed by atoms with Gasteiger partial charge in [0.15, 0.2) is 3.95 Å². The molecule has 1 aromatic heterocycles. The summed E-state index contributed by atoms with van der Waals surface area (Å²) in [6.45, 7) is 2.30. The molecule has 0 spiro atoms. The third-order valence-corrected chi connectivity index (χ3v) is 6.31. The van der Waals surface area contributed by atoms with Crippen molar-refractivity contribution in [2.75, 3.05) is 6.61 Å². The van der Waals surface area contributed by atoms with Gasteiger partial charge in [-0.25, -0.2) is 0 Å². The number of para-hydroxylation sites is 1. The normalized spacial score (nSPS) is 11.5. The number of hydrogen-bond acceptors (Lipinski definition) is 8. The van der Waals surface area contributed by atoms with Gasteiger partial charge in [0.25, 0.3) is 0 Å². The van der Waals surface area contributed by atoms with E-state index >= 15 is 0 Å². The molecule has 0 saturated heterocycles. The molecule has 0 fully saturated rings. The molecule has 2 N–H and O–H groups in total. The van der Waals surface area contributed by atoms with Gasteiger partial charge in [0.05, 0.1) is 16.8 Å². The Hall–Kier alpha value is -2.31. The Morgan fingerprint density at radius 1 is 1.28 bits per heavy atom. The molecule has 0 saturated carbocycles. The zero-order chi connectivity index (χ0) is 21.0. The Bertz CT molecular complexity index is 1190. The number of carbonyl (C=O) groups excluding carboxylic acids is 1. The number of nitrogens with zero attached hydrogens (tertiary/aromatic N) is 1. The summed E-state index contributed by atoms with van der Waals surface area (Å²) in [4.78, 5) is 15.0. The van der Waals surface area contributed by atoms with Crippen molar-refractivity contribution in [1.82, 2.24) is 10.2 Å². The second-order valence-electron chi connectivity index (χ2n) is 5.98. The fourth-order valence-electron chi connectivity index (χ4n) is 2.46. The van der Waals surface area contributed by atoms with Crippen molar-refractivity contribution in [3.63, 3.8) is 0 Å². The molecule has 0 aliphatic rings. The molecular weight excluding hydrogens is 436 g/mol. The van der Waals surface area contributed by atoms with Crippen LogP contribution in [0.4, 0.5) is 0 Å². The molecule has 2 aromatic carbocycles. The average Bonchev–Trinajstić information content (AvgIpc) is 3.06. The summed E-state index contributed by atoms with van der Waals surface area (Å²) in [7, 11) is -4.51. The highest BCUT2D eigenvalue weighted by molar-refractivity contribution is 7.86. The monoisotopic (exact) mass is 454 g/mol. The minimum atomic E-state index is -4.51. The lowest BCUT2D eigenvalue weighted by atomic mass is 10.2. The van der Waals surface area contributed by atoms with E-state index in [9.17, 15) is 18.4 Å². The van der Waals surface area contributed by atoms with E-state index in [1.54, 1.807) is 12.1 Å². The van der Waals surface area contributed by atoms with Crippen LogP contribution in [0.1, 0.15) is 30.1 Å². The molecular formula is C18H18N2O6S3. The lowest BCUT2D eigenvalue weighted by molar-refractivity contribution is -0.232. The molecule has 0 unspecified atom stereocenters. The van der Waals surface area contributed by atoms with Crippen molar-refractivity contribution in [3.05, 3.63) is 52.0 Å². The van der Waals surface area contributed by atoms with Gasteiger partial charge in [-0.1, -0.05) is 30.7 Å². The van der Waals surface area contributed by atoms with E-state index in [-0.39, 0.29) is 21.4 Å². The number of nitrogens with one attached hydrogen (secondary N) is 1. The van der Waals surface area contributed by atoms with Gasteiger partial charge >= 0.3 is 16.0 Å². The summed E-state index contributed by atoms with van der Waals surface area (Å²) in [5.41, 5.74) is 0.614. The van der Waals surface area contributed by atoms with Gasteiger partial charge in [0.1, 0.15) is 10.6 Å². The van der Waals surface area contributed by atoms with Gasteiger partial charge in [0, 0.05) is 5.56 Å². The van der Waals surface area contributed by atoms with Crippen LogP contribution in [-0.4, -0.2) is 36.3 Å². The first-order valence-corrected chi connectivity index (χ1v) is 11.3. The van der Waals surface area contributed by atoms with Crippen LogP contribution >= 0.6 is 23.6 Å². The number of aromatic nitrogens is 1. The van der Waals surface area contributed by atoms with Gasteiger partial charge in [-0.2, -0.15) is 8.42 Å². The van der Waals surface area contributed by atoms with Gasteiger partial charge in [-0.15, -0.1) is 15.6 Å². The van der Waals surface area contributed by atoms with Gasteiger partial charge in [-0.3, -0.25) is 10.0 Å². The second kappa shape index (κ2) is 9.01. The number of thiazole rings is 1. The highest BCUT2D eigenvalue weighted by Gasteiger charge is 2.27. The summed E-state index contributed by atoms with van der Waals surface area (Å²) in [6.07, 6.45) is 1.62. The van der Waals surface area contributed by atoms with E-state index in [0.717, 1.165) is 17.5 Å². The summed E-state index contributed by atoms with van der Waals surface area (Å²) in [5.74, 6) is -0.973. The predicted molar refractivity (Wildman–Crippen MR) is 110 cm³/mol. The number of amides is 1. The SMILES string of the molecule is CCCCOc1ccccc1S(=O)(=O)ON(O)C(=O)c1ccc2sc(=S)[nH]c2c1. The third kappa shape index (κ3) is 5.00. The number of H-pyrrole nitrogens is 1. The van der Waals surface area contributed by atoms with E-state index in [1.165, 1.54) is 41.7 Å². The standard InChI is InChI=1S/C18H18N2O6S3/c1-2-3-10-25-14-6-4-5-7-16(14)29(23,24)26-20(22)17(21)12-8-9-15-13(11-12)19-18(27)28-15/h4-9,11,22H,2-3,10H2,1H3,(H,19,27). The topological polar surface area (TPSA) is 109 Å². The maximum absolute atomic E-state index is 12.6. The Balaban J connectivity index is 1.80. The quantitative estimate of drug-likeness (QED) is 0.226. The van der Waals surface area contributed by atoms with Crippen LogP contribution < -0.4 is 4.74 Å². The maximum atomic E-state index is 12.6. The molecule has 154 valence electrons. The smallest absolute Gasteiger partial charge is 0.323 e. The fourth-order valence-corrected chi connectivity index (χ4v) is 4.51. The van der Waals surface area contributed by atoms with Crippen LogP contribution in [0, 0.1) is 3.95 Å². The molecule has 0 aliphatic heterocycles. The number of aromatic amines is 1. The number of hydrogen-bond donors (Lipinski definition) is 2.